The second kappa shape index (κ2) is 6.97. The first kappa shape index (κ1) is 15.8. The number of hydrogen-bond acceptors (Lipinski definition) is 4. The van der Waals surface area contributed by atoms with Crippen LogP contribution in [0.25, 0.3) is 0 Å². The van der Waals surface area contributed by atoms with E-state index in [1.807, 2.05) is 18.2 Å². The molecule has 2 amide bonds. The van der Waals surface area contributed by atoms with Gasteiger partial charge in [0, 0.05) is 0 Å². The fraction of sp³-hybridized carbons (Fsp3) is 0. The second-order valence-corrected chi connectivity index (χ2v) is 5.81. The summed E-state index contributed by atoms with van der Waals surface area (Å²) in [5.74, 6) is 0.108. The molecular weight excluding hydrogens is 324 g/mol. The van der Waals surface area contributed by atoms with Crippen molar-refractivity contribution in [2.24, 2.45) is 5.73 Å². The number of hydrogen-bond donors (Lipinski definition) is 2. The van der Waals surface area contributed by atoms with Crippen LogP contribution < -0.4 is 15.8 Å². The summed E-state index contributed by atoms with van der Waals surface area (Å²) in [6.45, 7) is 0. The van der Waals surface area contributed by atoms with Gasteiger partial charge in [-0.3, -0.25) is 9.59 Å². The highest BCUT2D eigenvalue weighted by molar-refractivity contribution is 7.14. The average Bonchev–Trinajstić information content (AvgIpc) is 3.04. The van der Waals surface area contributed by atoms with E-state index in [4.69, 9.17) is 10.5 Å². The summed E-state index contributed by atoms with van der Waals surface area (Å²) in [5.41, 5.74) is 5.95. The van der Waals surface area contributed by atoms with Gasteiger partial charge < -0.3 is 15.8 Å². The molecule has 120 valence electrons. The summed E-state index contributed by atoms with van der Waals surface area (Å²) in [4.78, 5) is 23.9. The Bertz CT molecular complexity index is 875. The first-order chi connectivity index (χ1) is 11.6. The highest BCUT2D eigenvalue weighted by Gasteiger charge is 2.17. The molecule has 0 bridgehead atoms. The van der Waals surface area contributed by atoms with E-state index in [-0.39, 0.29) is 11.5 Å². The summed E-state index contributed by atoms with van der Waals surface area (Å²) < 4.78 is 5.78. The molecule has 0 fully saturated rings. The Kier molecular flexibility index (Phi) is 4.58. The van der Waals surface area contributed by atoms with Crippen molar-refractivity contribution < 1.29 is 14.3 Å². The van der Waals surface area contributed by atoms with Gasteiger partial charge in [0.25, 0.3) is 11.8 Å². The molecule has 3 rings (SSSR count). The molecule has 24 heavy (non-hydrogen) atoms. The van der Waals surface area contributed by atoms with Crippen LogP contribution in [0.5, 0.6) is 11.5 Å². The molecule has 0 saturated heterocycles. The van der Waals surface area contributed by atoms with Gasteiger partial charge in [-0.1, -0.05) is 30.3 Å². The van der Waals surface area contributed by atoms with E-state index in [1.54, 1.807) is 47.8 Å². The van der Waals surface area contributed by atoms with Crippen LogP contribution in [-0.4, -0.2) is 11.8 Å². The number of amides is 2. The Morgan fingerprint density at radius 1 is 0.917 bits per heavy atom. The summed E-state index contributed by atoms with van der Waals surface area (Å²) in [6.07, 6.45) is 0. The maximum Gasteiger partial charge on any atom is 0.260 e. The van der Waals surface area contributed by atoms with Crippen LogP contribution in [-0.2, 0) is 0 Å². The van der Waals surface area contributed by atoms with Crippen LogP contribution in [0.15, 0.2) is 66.0 Å². The zero-order valence-electron chi connectivity index (χ0n) is 12.6. The van der Waals surface area contributed by atoms with E-state index in [0.717, 1.165) is 0 Å². The van der Waals surface area contributed by atoms with Crippen LogP contribution in [0.1, 0.15) is 20.7 Å². The molecule has 0 aliphatic rings. The summed E-state index contributed by atoms with van der Waals surface area (Å²) >= 11 is 1.24. The molecule has 6 heteroatoms. The van der Waals surface area contributed by atoms with E-state index < -0.39 is 5.91 Å². The third-order valence-electron chi connectivity index (χ3n) is 3.26. The molecule has 0 saturated carbocycles. The lowest BCUT2D eigenvalue weighted by Crippen LogP contribution is -2.17. The average molecular weight is 338 g/mol. The number of thiophene rings is 1. The van der Waals surface area contributed by atoms with Gasteiger partial charge >= 0.3 is 0 Å². The number of ether oxygens (including phenoxy) is 1. The molecule has 3 N–H and O–H groups in total. The predicted octanol–water partition coefficient (Wildman–Crippen LogP) is 3.89. The van der Waals surface area contributed by atoms with E-state index in [2.05, 4.69) is 5.32 Å². The molecule has 0 aliphatic carbocycles. The van der Waals surface area contributed by atoms with E-state index in [9.17, 15) is 9.59 Å². The zero-order chi connectivity index (χ0) is 16.9. The van der Waals surface area contributed by atoms with Gasteiger partial charge in [0.1, 0.15) is 16.5 Å². The number of benzene rings is 2. The molecule has 2 aromatic carbocycles. The number of primary amides is 1. The van der Waals surface area contributed by atoms with E-state index >= 15 is 0 Å². The molecule has 0 aliphatic heterocycles. The summed E-state index contributed by atoms with van der Waals surface area (Å²) in [6, 6.07) is 17.7. The number of nitrogens with one attached hydrogen (secondary N) is 1. The van der Waals surface area contributed by atoms with Crippen LogP contribution >= 0.6 is 11.3 Å². The fourth-order valence-electron chi connectivity index (χ4n) is 2.13. The van der Waals surface area contributed by atoms with Crippen molar-refractivity contribution in [3.8, 4) is 11.5 Å². The zero-order valence-corrected chi connectivity index (χ0v) is 13.4. The maximum absolute atomic E-state index is 12.6. The minimum Gasteiger partial charge on any atom is -0.457 e. The summed E-state index contributed by atoms with van der Waals surface area (Å²) in [7, 11) is 0. The summed E-state index contributed by atoms with van der Waals surface area (Å²) in [5, 5.41) is 4.83. The van der Waals surface area contributed by atoms with Crippen molar-refractivity contribution in [1.29, 1.82) is 0 Å². The highest BCUT2D eigenvalue weighted by atomic mass is 32.1. The molecule has 1 aromatic heterocycles. The Morgan fingerprint density at radius 3 is 2.38 bits per heavy atom. The lowest BCUT2D eigenvalue weighted by Gasteiger charge is -2.11. The van der Waals surface area contributed by atoms with Crippen LogP contribution in [0.2, 0.25) is 0 Å². The monoisotopic (exact) mass is 338 g/mol. The van der Waals surface area contributed by atoms with Gasteiger partial charge in [0.15, 0.2) is 0 Å². The van der Waals surface area contributed by atoms with E-state index in [0.29, 0.717) is 22.1 Å². The number of anilines is 1. The number of rotatable bonds is 5. The minimum atomic E-state index is -0.583. The van der Waals surface area contributed by atoms with Gasteiger partial charge in [0.2, 0.25) is 0 Å². The minimum absolute atomic E-state index is 0.287. The molecule has 0 atom stereocenters. The third-order valence-corrected chi connectivity index (χ3v) is 4.09. The molecule has 1 heterocycles. The number of nitrogens with two attached hydrogens (primary N) is 1. The van der Waals surface area contributed by atoms with Gasteiger partial charge in [-0.15, -0.1) is 11.3 Å². The smallest absolute Gasteiger partial charge is 0.260 e. The van der Waals surface area contributed by atoms with Crippen molar-refractivity contribution in [2.75, 3.05) is 5.32 Å². The topological polar surface area (TPSA) is 81.4 Å². The molecule has 0 radical (unpaired) electrons. The third kappa shape index (κ3) is 3.44. The molecule has 0 spiro atoms. The molecule has 3 aromatic rings. The first-order valence-electron chi connectivity index (χ1n) is 7.16. The second-order valence-electron chi connectivity index (χ2n) is 4.89. The standard InChI is InChI=1S/C18H14N2O3S/c19-16(21)14-10-11-24-18(14)20-17(22)13-8-4-5-9-15(13)23-12-6-2-1-3-7-12/h1-11H,(H2,19,21)(H,20,22). The molecule has 0 unspecified atom stereocenters. The first-order valence-corrected chi connectivity index (χ1v) is 8.03. The van der Waals surface area contributed by atoms with Crippen molar-refractivity contribution >= 4 is 28.2 Å². The van der Waals surface area contributed by atoms with Gasteiger partial charge in [-0.05, 0) is 35.7 Å². The Balaban J connectivity index is 1.85. The van der Waals surface area contributed by atoms with Crippen LogP contribution in [0, 0.1) is 0 Å². The lowest BCUT2D eigenvalue weighted by molar-refractivity contribution is 0.100. The van der Waals surface area contributed by atoms with Crippen LogP contribution in [0.3, 0.4) is 0 Å². The molecule has 5 nitrogen and oxygen atoms in total. The largest absolute Gasteiger partial charge is 0.457 e. The van der Waals surface area contributed by atoms with Gasteiger partial charge in [0.05, 0.1) is 11.1 Å². The Hall–Kier alpha value is -3.12. The fourth-order valence-corrected chi connectivity index (χ4v) is 2.92. The molecular formula is C18H14N2O3S. The number of carbonyl (C=O) groups is 2. The van der Waals surface area contributed by atoms with E-state index in [1.165, 1.54) is 11.3 Å². The van der Waals surface area contributed by atoms with Crippen molar-refractivity contribution in [3.05, 3.63) is 77.2 Å². The quantitative estimate of drug-likeness (QED) is 0.740. The predicted molar refractivity (Wildman–Crippen MR) is 93.7 cm³/mol. The van der Waals surface area contributed by atoms with Crippen molar-refractivity contribution in [1.82, 2.24) is 0 Å². The van der Waals surface area contributed by atoms with Gasteiger partial charge in [-0.2, -0.15) is 0 Å². The lowest BCUT2D eigenvalue weighted by atomic mass is 10.2. The number of para-hydroxylation sites is 2. The van der Waals surface area contributed by atoms with Crippen molar-refractivity contribution in [3.63, 3.8) is 0 Å². The Labute approximate surface area is 142 Å². The van der Waals surface area contributed by atoms with Crippen LogP contribution in [0.4, 0.5) is 5.00 Å². The van der Waals surface area contributed by atoms with Gasteiger partial charge in [-0.25, -0.2) is 0 Å². The SMILES string of the molecule is NC(=O)c1ccsc1NC(=O)c1ccccc1Oc1ccccc1. The normalized spacial score (nSPS) is 10.2. The van der Waals surface area contributed by atoms with Crippen molar-refractivity contribution in [2.45, 2.75) is 0 Å². The highest BCUT2D eigenvalue weighted by Crippen LogP contribution is 2.28. The maximum atomic E-state index is 12.6. The number of carbonyl (C=O) groups excluding carboxylic acids is 2. The Morgan fingerprint density at radius 2 is 1.62 bits per heavy atom.